The van der Waals surface area contributed by atoms with Crippen molar-refractivity contribution in [3.05, 3.63) is 0 Å². The molecule has 4 saturated carbocycles. The second-order valence-electron chi connectivity index (χ2n) is 12.3. The van der Waals surface area contributed by atoms with Gasteiger partial charge in [0.1, 0.15) is 0 Å². The lowest BCUT2D eigenvalue weighted by Crippen LogP contribution is -2.63. The molecule has 1 unspecified atom stereocenters. The second kappa shape index (κ2) is 8.82. The number of carbonyl (C=O) groups excluding carboxylic acids is 1. The second-order valence-corrected chi connectivity index (χ2v) is 12.3. The van der Waals surface area contributed by atoms with Gasteiger partial charge < -0.3 is 20.7 Å². The molecule has 0 aromatic heterocycles. The highest BCUT2D eigenvalue weighted by molar-refractivity contribution is 5.64. The number of rotatable bonds is 6. The summed E-state index contributed by atoms with van der Waals surface area (Å²) in [6.45, 7) is 13.7. The predicted molar refractivity (Wildman–Crippen MR) is 130 cm³/mol. The van der Waals surface area contributed by atoms with E-state index >= 15 is 0 Å². The Kier molecular flexibility index (Phi) is 6.67. The van der Waals surface area contributed by atoms with Crippen molar-refractivity contribution in [3.63, 3.8) is 0 Å². The van der Waals surface area contributed by atoms with Crippen LogP contribution in [0, 0.1) is 46.3 Å². The van der Waals surface area contributed by atoms with Crippen molar-refractivity contribution < 1.29 is 19.7 Å². The van der Waals surface area contributed by atoms with Crippen molar-refractivity contribution >= 4 is 12.8 Å². The molecular weight excluding hydrogens is 416 g/mol. The summed E-state index contributed by atoms with van der Waals surface area (Å²) in [7, 11) is 0. The van der Waals surface area contributed by atoms with E-state index in [-0.39, 0.29) is 46.3 Å². The third kappa shape index (κ3) is 3.57. The lowest BCUT2D eigenvalue weighted by atomic mass is 9.41. The fourth-order valence-corrected chi connectivity index (χ4v) is 9.81. The summed E-state index contributed by atoms with van der Waals surface area (Å²) in [6, 6.07) is 0. The van der Waals surface area contributed by atoms with E-state index in [1.165, 1.54) is 0 Å². The van der Waals surface area contributed by atoms with Crippen LogP contribution >= 0.6 is 0 Å². The number of hydrogen-bond donors (Lipinski definition) is 3. The minimum absolute atomic E-state index is 0.0291. The Balaban J connectivity index is 1.65. The Morgan fingerprint density at radius 3 is 2.48 bits per heavy atom. The topological polar surface area (TPSA) is 105 Å². The maximum atomic E-state index is 11.9. The summed E-state index contributed by atoms with van der Waals surface area (Å²) in [6.07, 6.45) is 7.45. The van der Waals surface area contributed by atoms with E-state index in [2.05, 4.69) is 34.4 Å². The first-order chi connectivity index (χ1) is 15.6. The predicted octanol–water partition coefficient (Wildman–Crippen LogP) is 4.56. The van der Waals surface area contributed by atoms with Gasteiger partial charge in [-0.3, -0.25) is 4.99 Å². The first kappa shape index (κ1) is 25.0. The van der Waals surface area contributed by atoms with Gasteiger partial charge in [-0.15, -0.1) is 0 Å². The molecule has 0 aromatic rings. The van der Waals surface area contributed by atoms with Crippen molar-refractivity contribution in [2.75, 3.05) is 6.61 Å². The standard InChI is InChI=1S/C27H46N2O4/c1-6-18-21-15-17(30)7-11-25(21,3)19-8-12-26(4)20(22(19)23(18)31)9-13-27(26,29-5)16(2)10-14-33-24(28)32/h16-23,30-31H,5-15H2,1-4H3,(H2,28,32)/t16-,17-,18-,19+,20+,21+,22-,23-,25-,26+,27?/m1/s1. The van der Waals surface area contributed by atoms with Gasteiger partial charge in [0.05, 0.1) is 24.4 Å². The summed E-state index contributed by atoms with van der Waals surface area (Å²) < 4.78 is 5.06. The molecule has 188 valence electrons. The molecule has 0 radical (unpaired) electrons. The minimum Gasteiger partial charge on any atom is -0.450 e. The van der Waals surface area contributed by atoms with Crippen LogP contribution in [0.4, 0.5) is 4.79 Å². The number of amides is 1. The Hall–Kier alpha value is -1.14. The molecule has 4 aliphatic carbocycles. The van der Waals surface area contributed by atoms with Gasteiger partial charge in [0.2, 0.25) is 0 Å². The van der Waals surface area contributed by atoms with Crippen LogP contribution in [0.5, 0.6) is 0 Å². The number of ether oxygens (including phenoxy) is 1. The SMILES string of the molecule is C=NC1([C@H](C)CCOC(N)=O)CC[C@H]2[C@@H]3[C@H](O)[C@H](CC)[C@@H]4C[C@H](O)CC[C@]4(C)[C@H]3CC[C@@]21C. The van der Waals surface area contributed by atoms with Gasteiger partial charge in [-0.05, 0) is 104 Å². The molecule has 0 heterocycles. The zero-order valence-electron chi connectivity index (χ0n) is 21.1. The smallest absolute Gasteiger partial charge is 0.404 e. The number of carbonyl (C=O) groups is 1. The van der Waals surface area contributed by atoms with E-state index in [9.17, 15) is 15.0 Å². The van der Waals surface area contributed by atoms with Crippen molar-refractivity contribution in [1.82, 2.24) is 0 Å². The molecule has 0 saturated heterocycles. The molecule has 0 aromatic carbocycles. The Morgan fingerprint density at radius 2 is 1.85 bits per heavy atom. The minimum atomic E-state index is -0.727. The normalized spacial score (nSPS) is 49.9. The molecule has 33 heavy (non-hydrogen) atoms. The molecule has 6 nitrogen and oxygen atoms in total. The van der Waals surface area contributed by atoms with Crippen molar-refractivity contribution in [2.24, 2.45) is 57.1 Å². The summed E-state index contributed by atoms with van der Waals surface area (Å²) in [5.41, 5.74) is 5.07. The Labute approximate surface area is 199 Å². The molecule has 4 fully saturated rings. The van der Waals surface area contributed by atoms with Crippen molar-refractivity contribution in [1.29, 1.82) is 0 Å². The summed E-state index contributed by atoms with van der Waals surface area (Å²) in [5.74, 6) is 2.07. The number of aliphatic hydroxyl groups is 2. The molecule has 4 N–H and O–H groups in total. The van der Waals surface area contributed by atoms with Gasteiger partial charge in [0.25, 0.3) is 0 Å². The van der Waals surface area contributed by atoms with E-state index < -0.39 is 6.09 Å². The fourth-order valence-electron chi connectivity index (χ4n) is 9.81. The quantitative estimate of drug-likeness (QED) is 0.503. The maximum absolute atomic E-state index is 11.9. The summed E-state index contributed by atoms with van der Waals surface area (Å²) >= 11 is 0. The van der Waals surface area contributed by atoms with Crippen LogP contribution in [0.15, 0.2) is 4.99 Å². The van der Waals surface area contributed by atoms with Gasteiger partial charge in [-0.25, -0.2) is 4.79 Å². The highest BCUT2D eigenvalue weighted by atomic mass is 16.5. The number of nitrogens with zero attached hydrogens (tertiary/aromatic N) is 1. The van der Waals surface area contributed by atoms with Crippen LogP contribution in [0.1, 0.15) is 85.5 Å². The van der Waals surface area contributed by atoms with Crippen LogP contribution in [-0.2, 0) is 4.74 Å². The third-order valence-electron chi connectivity index (χ3n) is 11.5. The molecule has 1 amide bonds. The maximum Gasteiger partial charge on any atom is 0.404 e. The Morgan fingerprint density at radius 1 is 1.15 bits per heavy atom. The first-order valence-electron chi connectivity index (χ1n) is 13.3. The van der Waals surface area contributed by atoms with E-state index in [0.29, 0.717) is 24.4 Å². The summed E-state index contributed by atoms with van der Waals surface area (Å²) in [5, 5.41) is 22.3. The monoisotopic (exact) mass is 462 g/mol. The van der Waals surface area contributed by atoms with E-state index in [1.807, 2.05) is 0 Å². The molecule has 4 rings (SSSR count). The van der Waals surface area contributed by atoms with Crippen LogP contribution in [0.2, 0.25) is 0 Å². The van der Waals surface area contributed by atoms with E-state index in [0.717, 1.165) is 57.8 Å². The number of aliphatic hydroxyl groups excluding tert-OH is 2. The average molecular weight is 463 g/mol. The molecule has 0 spiro atoms. The van der Waals surface area contributed by atoms with Crippen LogP contribution in [0.3, 0.4) is 0 Å². The molecule has 0 aliphatic heterocycles. The van der Waals surface area contributed by atoms with Crippen molar-refractivity contribution in [3.8, 4) is 0 Å². The summed E-state index contributed by atoms with van der Waals surface area (Å²) in [4.78, 5) is 15.9. The molecule has 4 aliphatic rings. The average Bonchev–Trinajstić information content (AvgIpc) is 3.08. The largest absolute Gasteiger partial charge is 0.450 e. The first-order valence-corrected chi connectivity index (χ1v) is 13.3. The van der Waals surface area contributed by atoms with E-state index in [4.69, 9.17) is 15.5 Å². The zero-order valence-corrected chi connectivity index (χ0v) is 21.1. The lowest BCUT2D eigenvalue weighted by Gasteiger charge is -2.65. The zero-order chi connectivity index (χ0) is 24.2. The van der Waals surface area contributed by atoms with Crippen LogP contribution < -0.4 is 5.73 Å². The molecule has 0 bridgehead atoms. The van der Waals surface area contributed by atoms with Crippen LogP contribution in [0.25, 0.3) is 0 Å². The third-order valence-corrected chi connectivity index (χ3v) is 11.5. The van der Waals surface area contributed by atoms with Crippen molar-refractivity contribution in [2.45, 2.75) is 103 Å². The van der Waals surface area contributed by atoms with Gasteiger partial charge in [-0.1, -0.05) is 34.1 Å². The number of primary amides is 1. The number of fused-ring (bicyclic) bond motifs is 5. The Bertz CT molecular complexity index is 760. The van der Waals surface area contributed by atoms with Gasteiger partial charge in [-0.2, -0.15) is 0 Å². The fraction of sp³-hybridized carbons (Fsp3) is 0.926. The lowest BCUT2D eigenvalue weighted by molar-refractivity contribution is -0.204. The number of nitrogens with two attached hydrogens (primary N) is 1. The molecule has 6 heteroatoms. The van der Waals surface area contributed by atoms with Crippen LogP contribution in [-0.4, -0.2) is 47.4 Å². The molecule has 11 atom stereocenters. The number of hydrogen-bond acceptors (Lipinski definition) is 5. The highest BCUT2D eigenvalue weighted by Gasteiger charge is 2.68. The molecular formula is C27H46N2O4. The van der Waals surface area contributed by atoms with Gasteiger partial charge in [0, 0.05) is 0 Å². The van der Waals surface area contributed by atoms with Gasteiger partial charge in [0.15, 0.2) is 0 Å². The van der Waals surface area contributed by atoms with E-state index in [1.54, 1.807) is 0 Å². The van der Waals surface area contributed by atoms with Gasteiger partial charge >= 0.3 is 6.09 Å². The number of aliphatic imine (C=N–C) groups is 1. The highest BCUT2D eigenvalue weighted by Crippen LogP contribution is 2.71.